The smallest absolute Gasteiger partial charge is 0.274 e. The van der Waals surface area contributed by atoms with Gasteiger partial charge in [0.25, 0.3) is 11.5 Å². The topological polar surface area (TPSA) is 96.8 Å². The fourth-order valence-electron chi connectivity index (χ4n) is 2.67. The van der Waals surface area contributed by atoms with Gasteiger partial charge in [0.15, 0.2) is 5.16 Å². The molecule has 0 atom stereocenters. The van der Waals surface area contributed by atoms with Gasteiger partial charge < -0.3 is 9.55 Å². The number of thioether (sulfide) groups is 1. The molecule has 2 amide bonds. The molecule has 10 heteroatoms. The van der Waals surface area contributed by atoms with Gasteiger partial charge in [0.05, 0.1) is 11.1 Å². The summed E-state index contributed by atoms with van der Waals surface area (Å²) in [7, 11) is 1.73. The van der Waals surface area contributed by atoms with Crippen LogP contribution in [-0.2, 0) is 11.8 Å². The van der Waals surface area contributed by atoms with Gasteiger partial charge in [0.2, 0.25) is 5.91 Å². The second kappa shape index (κ2) is 7.74. The Morgan fingerprint density at radius 2 is 2.14 bits per heavy atom. The Morgan fingerprint density at radius 3 is 2.86 bits per heavy atom. The number of H-pyrrole nitrogens is 1. The molecule has 142 valence electrons. The van der Waals surface area contributed by atoms with Crippen LogP contribution in [0.4, 0.5) is 0 Å². The normalized spacial score (nSPS) is 11.0. The van der Waals surface area contributed by atoms with Crippen molar-refractivity contribution in [2.75, 3.05) is 5.75 Å². The van der Waals surface area contributed by atoms with Gasteiger partial charge in [0, 0.05) is 29.1 Å². The Balaban J connectivity index is 1.47. The van der Waals surface area contributed by atoms with E-state index in [9.17, 15) is 14.4 Å². The van der Waals surface area contributed by atoms with Crippen molar-refractivity contribution in [1.29, 1.82) is 0 Å². The van der Waals surface area contributed by atoms with Gasteiger partial charge >= 0.3 is 0 Å². The van der Waals surface area contributed by atoms with Crippen molar-refractivity contribution in [1.82, 2.24) is 19.9 Å². The number of imide groups is 1. The highest BCUT2D eigenvalue weighted by atomic mass is 32.2. The number of rotatable bonds is 5. The average molecular weight is 431 g/mol. The number of thiophene rings is 2. The Hall–Kier alpha value is -2.69. The molecule has 0 radical (unpaired) electrons. The molecule has 0 fully saturated rings. The zero-order valence-electron chi connectivity index (χ0n) is 14.6. The predicted molar refractivity (Wildman–Crippen MR) is 112 cm³/mol. The monoisotopic (exact) mass is 430 g/mol. The maximum atomic E-state index is 12.5. The summed E-state index contributed by atoms with van der Waals surface area (Å²) in [5, 5.41) is 7.11. The van der Waals surface area contributed by atoms with Gasteiger partial charge in [-0.3, -0.25) is 19.7 Å². The Labute approximate surface area is 171 Å². The molecule has 4 rings (SSSR count). The molecule has 28 heavy (non-hydrogen) atoms. The molecule has 2 N–H and O–H groups in total. The summed E-state index contributed by atoms with van der Waals surface area (Å²) in [6.45, 7) is 0. The molecule has 4 aromatic heterocycles. The number of hydrogen-bond acceptors (Lipinski definition) is 7. The maximum absolute atomic E-state index is 12.5. The number of aromatic amines is 1. The first-order valence-corrected chi connectivity index (χ1v) is 10.9. The van der Waals surface area contributed by atoms with E-state index in [0.29, 0.717) is 21.1 Å². The average Bonchev–Trinajstić information content (AvgIpc) is 3.39. The first-order chi connectivity index (χ1) is 13.5. The standard InChI is InChI=1S/C18H14N4O3S3/c1-22-6-2-4-11(22)15(24)19-13(23)9-28-18-20-16(25)14-10(8-27-17(14)21-18)12-5-3-7-26-12/h2-8H,9H2,1H3,(H,19,23,24)(H,20,21,25). The molecule has 0 aliphatic carbocycles. The van der Waals surface area contributed by atoms with Crippen molar-refractivity contribution in [2.45, 2.75) is 5.16 Å². The molecular formula is C18H14N4O3S3. The Morgan fingerprint density at radius 1 is 1.29 bits per heavy atom. The Bertz CT molecular complexity index is 1220. The van der Waals surface area contributed by atoms with Crippen LogP contribution in [0.3, 0.4) is 0 Å². The van der Waals surface area contributed by atoms with Crippen LogP contribution in [0.2, 0.25) is 0 Å². The summed E-state index contributed by atoms with van der Waals surface area (Å²) in [4.78, 5) is 45.5. The largest absolute Gasteiger partial charge is 0.347 e. The SMILES string of the molecule is Cn1cccc1C(=O)NC(=O)CSc1nc2scc(-c3cccs3)c2c(=O)[nH]1. The van der Waals surface area contributed by atoms with E-state index in [1.54, 1.807) is 41.3 Å². The molecule has 0 bridgehead atoms. The molecular weight excluding hydrogens is 416 g/mol. The molecule has 0 saturated heterocycles. The summed E-state index contributed by atoms with van der Waals surface area (Å²) >= 11 is 4.03. The third-order valence-corrected chi connectivity index (χ3v) is 6.63. The van der Waals surface area contributed by atoms with Crippen molar-refractivity contribution in [3.63, 3.8) is 0 Å². The number of carbonyl (C=O) groups excluding carboxylic acids is 2. The number of fused-ring (bicyclic) bond motifs is 1. The number of nitrogens with zero attached hydrogens (tertiary/aromatic N) is 2. The molecule has 7 nitrogen and oxygen atoms in total. The zero-order chi connectivity index (χ0) is 19.7. The van der Waals surface area contributed by atoms with E-state index in [0.717, 1.165) is 22.2 Å². The number of amides is 2. The number of aryl methyl sites for hydroxylation is 1. The number of aromatic nitrogens is 3. The van der Waals surface area contributed by atoms with Gasteiger partial charge in [-0.15, -0.1) is 22.7 Å². The fraction of sp³-hybridized carbons (Fsp3) is 0.111. The van der Waals surface area contributed by atoms with Crippen LogP contribution in [0.5, 0.6) is 0 Å². The van der Waals surface area contributed by atoms with Gasteiger partial charge in [-0.1, -0.05) is 17.8 Å². The highest BCUT2D eigenvalue weighted by Gasteiger charge is 2.16. The lowest BCUT2D eigenvalue weighted by molar-refractivity contribution is -0.117. The first-order valence-electron chi connectivity index (χ1n) is 8.16. The zero-order valence-corrected chi connectivity index (χ0v) is 17.0. The van der Waals surface area contributed by atoms with E-state index in [2.05, 4.69) is 15.3 Å². The number of hydrogen-bond donors (Lipinski definition) is 2. The fourth-order valence-corrected chi connectivity index (χ4v) is 5.15. The Kier molecular flexibility index (Phi) is 5.16. The molecule has 4 heterocycles. The minimum Gasteiger partial charge on any atom is -0.347 e. The van der Waals surface area contributed by atoms with Gasteiger partial charge in [-0.25, -0.2) is 4.98 Å². The highest BCUT2D eigenvalue weighted by molar-refractivity contribution is 7.99. The molecule has 4 aromatic rings. The van der Waals surface area contributed by atoms with Crippen molar-refractivity contribution in [3.8, 4) is 10.4 Å². The van der Waals surface area contributed by atoms with E-state index in [1.807, 2.05) is 22.9 Å². The summed E-state index contributed by atoms with van der Waals surface area (Å²) in [5.41, 5.74) is 1.02. The number of nitrogens with one attached hydrogen (secondary N) is 2. The summed E-state index contributed by atoms with van der Waals surface area (Å²) < 4.78 is 1.63. The van der Waals surface area contributed by atoms with Crippen LogP contribution < -0.4 is 10.9 Å². The summed E-state index contributed by atoms with van der Waals surface area (Å²) in [5.74, 6) is -0.952. The van der Waals surface area contributed by atoms with Crippen LogP contribution in [-0.4, -0.2) is 32.1 Å². The van der Waals surface area contributed by atoms with Crippen LogP contribution in [0.1, 0.15) is 10.5 Å². The lowest BCUT2D eigenvalue weighted by Gasteiger charge is -2.05. The summed E-state index contributed by atoms with van der Waals surface area (Å²) in [6.07, 6.45) is 1.73. The van der Waals surface area contributed by atoms with Crippen LogP contribution in [0.25, 0.3) is 20.7 Å². The third-order valence-electron chi connectivity index (χ3n) is 3.98. The van der Waals surface area contributed by atoms with Crippen molar-refractivity contribution >= 4 is 56.5 Å². The molecule has 0 aliphatic rings. The van der Waals surface area contributed by atoms with Gasteiger partial charge in [-0.05, 0) is 23.6 Å². The minimum atomic E-state index is -0.464. The lowest BCUT2D eigenvalue weighted by Crippen LogP contribution is -2.33. The molecule has 0 aromatic carbocycles. The predicted octanol–water partition coefficient (Wildman–Crippen LogP) is 3.10. The van der Waals surface area contributed by atoms with E-state index in [4.69, 9.17) is 0 Å². The van der Waals surface area contributed by atoms with Crippen LogP contribution >= 0.6 is 34.4 Å². The minimum absolute atomic E-state index is 0.0340. The maximum Gasteiger partial charge on any atom is 0.274 e. The van der Waals surface area contributed by atoms with Crippen molar-refractivity contribution in [2.24, 2.45) is 7.05 Å². The molecule has 0 unspecified atom stereocenters. The second-order valence-electron chi connectivity index (χ2n) is 5.85. The first kappa shape index (κ1) is 18.7. The van der Waals surface area contributed by atoms with Crippen molar-refractivity contribution < 1.29 is 9.59 Å². The summed E-state index contributed by atoms with van der Waals surface area (Å²) in [6, 6.07) is 7.25. The number of carbonyl (C=O) groups is 2. The quantitative estimate of drug-likeness (QED) is 0.375. The van der Waals surface area contributed by atoms with E-state index in [1.165, 1.54) is 11.3 Å². The molecule has 0 saturated carbocycles. The third kappa shape index (κ3) is 3.66. The molecule has 0 aliphatic heterocycles. The van der Waals surface area contributed by atoms with Gasteiger partial charge in [-0.2, -0.15) is 0 Å². The van der Waals surface area contributed by atoms with E-state index in [-0.39, 0.29) is 11.3 Å². The van der Waals surface area contributed by atoms with Gasteiger partial charge in [0.1, 0.15) is 10.5 Å². The van der Waals surface area contributed by atoms with E-state index >= 15 is 0 Å². The lowest BCUT2D eigenvalue weighted by atomic mass is 10.2. The second-order valence-corrected chi connectivity index (χ2v) is 8.62. The molecule has 0 spiro atoms. The van der Waals surface area contributed by atoms with Crippen molar-refractivity contribution in [3.05, 3.63) is 57.3 Å². The van der Waals surface area contributed by atoms with Crippen LogP contribution in [0, 0.1) is 0 Å². The van der Waals surface area contributed by atoms with E-state index < -0.39 is 11.8 Å². The van der Waals surface area contributed by atoms with Crippen LogP contribution in [0.15, 0.2) is 51.2 Å². The highest BCUT2D eigenvalue weighted by Crippen LogP contribution is 2.33.